The molecular weight excluding hydrogens is 326 g/mol. The number of nitrogens with zero attached hydrogens (tertiary/aromatic N) is 2. The van der Waals surface area contributed by atoms with Crippen LogP contribution in [0.3, 0.4) is 0 Å². The van der Waals surface area contributed by atoms with Gasteiger partial charge in [0.15, 0.2) is 0 Å². The molecule has 1 saturated carbocycles. The van der Waals surface area contributed by atoms with Gasteiger partial charge in [0.25, 0.3) is 0 Å². The molecule has 1 aromatic carbocycles. The first-order valence-corrected chi connectivity index (χ1v) is 10.1. The number of amides is 2. The molecule has 3 aliphatic rings. The van der Waals surface area contributed by atoms with Crippen LogP contribution in [0.4, 0.5) is 5.69 Å². The molecule has 0 unspecified atom stereocenters. The Labute approximate surface area is 155 Å². The van der Waals surface area contributed by atoms with E-state index >= 15 is 0 Å². The lowest BCUT2D eigenvalue weighted by molar-refractivity contribution is -0.128. The first kappa shape index (κ1) is 17.5. The van der Waals surface area contributed by atoms with Crippen LogP contribution in [0.5, 0.6) is 0 Å². The number of fused-ring (bicyclic) bond motifs is 1. The average molecular weight is 355 g/mol. The van der Waals surface area contributed by atoms with Crippen molar-refractivity contribution in [2.75, 3.05) is 24.5 Å². The lowest BCUT2D eigenvalue weighted by Gasteiger charge is -2.30. The van der Waals surface area contributed by atoms with E-state index in [2.05, 4.69) is 18.2 Å². The summed E-state index contributed by atoms with van der Waals surface area (Å²) in [6.45, 7) is 2.43. The number of anilines is 1. The summed E-state index contributed by atoms with van der Waals surface area (Å²) in [4.78, 5) is 29.0. The van der Waals surface area contributed by atoms with Crippen molar-refractivity contribution in [3.05, 3.63) is 29.8 Å². The van der Waals surface area contributed by atoms with Crippen LogP contribution in [-0.4, -0.2) is 42.4 Å². The molecule has 1 saturated heterocycles. The molecule has 2 aliphatic heterocycles. The lowest BCUT2D eigenvalue weighted by atomic mass is 9.85. The monoisotopic (exact) mass is 355 g/mol. The summed E-state index contributed by atoms with van der Waals surface area (Å²) in [5.41, 5.74) is 8.43. The molecule has 5 heteroatoms. The molecular formula is C21H29N3O2. The highest BCUT2D eigenvalue weighted by molar-refractivity contribution is 5.97. The minimum absolute atomic E-state index is 0.0608. The fourth-order valence-electron chi connectivity index (χ4n) is 4.88. The molecule has 4 rings (SSSR count). The zero-order valence-corrected chi connectivity index (χ0v) is 15.4. The molecule has 0 spiro atoms. The molecule has 2 fully saturated rings. The first-order valence-electron chi connectivity index (χ1n) is 10.1. The number of benzene rings is 1. The third kappa shape index (κ3) is 3.37. The van der Waals surface area contributed by atoms with E-state index in [4.69, 9.17) is 5.73 Å². The second kappa shape index (κ2) is 7.39. The quantitative estimate of drug-likeness (QED) is 0.903. The van der Waals surface area contributed by atoms with Crippen molar-refractivity contribution in [3.63, 3.8) is 0 Å². The van der Waals surface area contributed by atoms with Crippen molar-refractivity contribution < 1.29 is 9.59 Å². The maximum absolute atomic E-state index is 13.2. The molecule has 2 N–H and O–H groups in total. The van der Waals surface area contributed by atoms with Crippen LogP contribution in [0.15, 0.2) is 24.3 Å². The maximum atomic E-state index is 13.2. The predicted octanol–water partition coefficient (Wildman–Crippen LogP) is 2.65. The highest BCUT2D eigenvalue weighted by atomic mass is 16.2. The Balaban J connectivity index is 1.47. The summed E-state index contributed by atoms with van der Waals surface area (Å²) < 4.78 is 0. The summed E-state index contributed by atoms with van der Waals surface area (Å²) in [5.74, 6) is 0.902. The molecule has 26 heavy (non-hydrogen) atoms. The summed E-state index contributed by atoms with van der Waals surface area (Å²) in [6, 6.07) is 8.44. The zero-order chi connectivity index (χ0) is 18.1. The molecule has 140 valence electrons. The SMILES string of the molecule is N[C@@H]1CCC[C@@H](C(=O)N2C[C@@H](CCN3CCCC3=O)c3ccccc32)C1. The van der Waals surface area contributed by atoms with Crippen molar-refractivity contribution in [1.29, 1.82) is 0 Å². The van der Waals surface area contributed by atoms with Gasteiger partial charge in [0.05, 0.1) is 0 Å². The van der Waals surface area contributed by atoms with Crippen molar-refractivity contribution in [1.82, 2.24) is 4.90 Å². The molecule has 1 aliphatic carbocycles. The number of hydrogen-bond donors (Lipinski definition) is 1. The van der Waals surface area contributed by atoms with E-state index in [-0.39, 0.29) is 23.8 Å². The first-order chi connectivity index (χ1) is 12.6. The predicted molar refractivity (Wildman–Crippen MR) is 102 cm³/mol. The Morgan fingerprint density at radius 1 is 1.19 bits per heavy atom. The Hall–Kier alpha value is -1.88. The smallest absolute Gasteiger partial charge is 0.230 e. The highest BCUT2D eigenvalue weighted by Gasteiger charge is 2.36. The van der Waals surface area contributed by atoms with Gasteiger partial charge in [-0.3, -0.25) is 9.59 Å². The van der Waals surface area contributed by atoms with E-state index in [1.54, 1.807) is 0 Å². The van der Waals surface area contributed by atoms with Crippen LogP contribution >= 0.6 is 0 Å². The molecule has 0 bridgehead atoms. The number of para-hydroxylation sites is 1. The highest BCUT2D eigenvalue weighted by Crippen LogP contribution is 2.40. The number of nitrogens with two attached hydrogens (primary N) is 1. The van der Waals surface area contributed by atoms with Gasteiger partial charge in [0, 0.05) is 49.6 Å². The minimum atomic E-state index is 0.0608. The van der Waals surface area contributed by atoms with Gasteiger partial charge < -0.3 is 15.5 Å². The molecule has 3 atom stereocenters. The Morgan fingerprint density at radius 3 is 2.81 bits per heavy atom. The second-order valence-corrected chi connectivity index (χ2v) is 8.10. The van der Waals surface area contributed by atoms with Gasteiger partial charge in [-0.05, 0) is 43.7 Å². The van der Waals surface area contributed by atoms with Crippen molar-refractivity contribution in [2.45, 2.75) is 56.9 Å². The van der Waals surface area contributed by atoms with E-state index in [0.717, 1.165) is 63.8 Å². The number of carbonyl (C=O) groups is 2. The molecule has 2 heterocycles. The van der Waals surface area contributed by atoms with Crippen molar-refractivity contribution in [2.24, 2.45) is 11.7 Å². The van der Waals surface area contributed by atoms with E-state index in [1.807, 2.05) is 15.9 Å². The van der Waals surface area contributed by atoms with E-state index in [1.165, 1.54) is 5.56 Å². The van der Waals surface area contributed by atoms with Crippen LogP contribution in [0.25, 0.3) is 0 Å². The van der Waals surface area contributed by atoms with Crippen molar-refractivity contribution in [3.8, 4) is 0 Å². The minimum Gasteiger partial charge on any atom is -0.343 e. The molecule has 0 radical (unpaired) electrons. The van der Waals surface area contributed by atoms with Gasteiger partial charge in [-0.1, -0.05) is 24.6 Å². The summed E-state index contributed by atoms with van der Waals surface area (Å²) >= 11 is 0. The van der Waals surface area contributed by atoms with E-state index < -0.39 is 0 Å². The fraction of sp³-hybridized carbons (Fsp3) is 0.619. The van der Waals surface area contributed by atoms with Crippen molar-refractivity contribution >= 4 is 17.5 Å². The maximum Gasteiger partial charge on any atom is 0.230 e. The van der Waals surface area contributed by atoms with Crippen LogP contribution in [0, 0.1) is 5.92 Å². The summed E-state index contributed by atoms with van der Waals surface area (Å²) in [7, 11) is 0. The van der Waals surface area contributed by atoms with Gasteiger partial charge in [-0.2, -0.15) is 0 Å². The molecule has 0 aromatic heterocycles. The molecule has 1 aromatic rings. The normalized spacial score (nSPS) is 28.5. The third-order valence-corrected chi connectivity index (χ3v) is 6.32. The number of hydrogen-bond acceptors (Lipinski definition) is 3. The Bertz CT molecular complexity index is 690. The molecule has 2 amide bonds. The van der Waals surface area contributed by atoms with Crippen LogP contribution in [0.2, 0.25) is 0 Å². The van der Waals surface area contributed by atoms with Crippen LogP contribution < -0.4 is 10.6 Å². The molecule has 5 nitrogen and oxygen atoms in total. The average Bonchev–Trinajstić information content (AvgIpc) is 3.23. The lowest BCUT2D eigenvalue weighted by Crippen LogP contribution is -2.40. The number of rotatable bonds is 4. The summed E-state index contributed by atoms with van der Waals surface area (Å²) in [6.07, 6.45) is 6.44. The van der Waals surface area contributed by atoms with E-state index in [9.17, 15) is 9.59 Å². The second-order valence-electron chi connectivity index (χ2n) is 8.10. The number of carbonyl (C=O) groups excluding carboxylic acids is 2. The van der Waals surface area contributed by atoms with E-state index in [0.29, 0.717) is 12.3 Å². The standard InChI is InChI=1S/C21H29N3O2/c22-17-6-3-5-15(13-17)21(26)24-14-16(18-7-1-2-8-19(18)24)10-12-23-11-4-9-20(23)25/h1-2,7-8,15-17H,3-6,9-14,22H2/t15-,16-,17-/m1/s1. The summed E-state index contributed by atoms with van der Waals surface area (Å²) in [5, 5.41) is 0. The van der Waals surface area contributed by atoms with Crippen LogP contribution in [0.1, 0.15) is 56.4 Å². The van der Waals surface area contributed by atoms with Gasteiger partial charge in [-0.25, -0.2) is 0 Å². The van der Waals surface area contributed by atoms with Gasteiger partial charge in [-0.15, -0.1) is 0 Å². The largest absolute Gasteiger partial charge is 0.343 e. The fourth-order valence-corrected chi connectivity index (χ4v) is 4.88. The number of likely N-dealkylation sites (tertiary alicyclic amines) is 1. The Kier molecular flexibility index (Phi) is 4.98. The zero-order valence-electron chi connectivity index (χ0n) is 15.4. The van der Waals surface area contributed by atoms with Gasteiger partial charge in [0.2, 0.25) is 11.8 Å². The Morgan fingerprint density at radius 2 is 2.04 bits per heavy atom. The van der Waals surface area contributed by atoms with Gasteiger partial charge in [0.1, 0.15) is 0 Å². The van der Waals surface area contributed by atoms with Crippen LogP contribution in [-0.2, 0) is 9.59 Å². The third-order valence-electron chi connectivity index (χ3n) is 6.32. The topological polar surface area (TPSA) is 66.6 Å². The van der Waals surface area contributed by atoms with Gasteiger partial charge >= 0.3 is 0 Å².